The Kier molecular flexibility index (Phi) is 8.12. The molecule has 1 fully saturated rings. The molecule has 9 heteroatoms. The minimum Gasteiger partial charge on any atom is -0.480 e. The normalized spacial score (nSPS) is 17.0. The van der Waals surface area contributed by atoms with Crippen molar-refractivity contribution in [3.8, 4) is 6.07 Å². The number of primary amides is 1. The molecule has 0 aromatic heterocycles. The van der Waals surface area contributed by atoms with Crippen LogP contribution in [-0.2, 0) is 14.4 Å². The van der Waals surface area contributed by atoms with Crippen LogP contribution in [-0.4, -0.2) is 58.9 Å². The number of hydrogen-bond acceptors (Lipinski definition) is 6. The fourth-order valence-corrected chi connectivity index (χ4v) is 2.83. The highest BCUT2D eigenvalue weighted by atomic mass is 32.2. The monoisotopic (exact) mass is 354 g/mol. The van der Waals surface area contributed by atoms with Crippen molar-refractivity contribution in [2.24, 2.45) is 11.7 Å². The van der Waals surface area contributed by atoms with Gasteiger partial charge >= 0.3 is 5.97 Å². The number of likely N-dealkylation sites (tertiary alicyclic amines) is 1. The summed E-state index contributed by atoms with van der Waals surface area (Å²) in [6.07, 6.45) is 4.68. The number of nitriles is 1. The summed E-state index contributed by atoms with van der Waals surface area (Å²) < 4.78 is 0. The maximum atomic E-state index is 12.1. The Morgan fingerprint density at radius 1 is 1.46 bits per heavy atom. The second-order valence-electron chi connectivity index (χ2n) is 5.51. The smallest absolute Gasteiger partial charge is 0.326 e. The van der Waals surface area contributed by atoms with Crippen LogP contribution in [0.2, 0.25) is 0 Å². The highest BCUT2D eigenvalue weighted by Gasteiger charge is 2.24. The molecule has 0 radical (unpaired) electrons. The second-order valence-corrected chi connectivity index (χ2v) is 6.50. The average Bonchev–Trinajstić information content (AvgIpc) is 2.56. The maximum absolute atomic E-state index is 12.1. The van der Waals surface area contributed by atoms with Gasteiger partial charge in [0.2, 0.25) is 5.91 Å². The number of carboxylic acid groups (broad SMARTS) is 1. The first-order valence-electron chi connectivity index (χ1n) is 7.57. The molecule has 4 N–H and O–H groups in total. The van der Waals surface area contributed by atoms with Crippen LogP contribution in [0.15, 0.2) is 11.8 Å². The fraction of sp³-hybridized carbons (Fsp3) is 0.600. The van der Waals surface area contributed by atoms with Crippen LogP contribution in [0.4, 0.5) is 0 Å². The van der Waals surface area contributed by atoms with E-state index in [-0.39, 0.29) is 23.8 Å². The summed E-state index contributed by atoms with van der Waals surface area (Å²) in [5.41, 5.74) is 5.11. The standard InChI is InChI=1S/C15H22N4O4S/c1-24-7-4-12(15(22)23)18-14(21)11(8-16)9-19-5-2-10(3-6-19)13(17)20/h9-10,12H,2-7H2,1H3,(H2,17,20)(H,18,21)(H,22,23)/b11-9-. The van der Waals surface area contributed by atoms with E-state index >= 15 is 0 Å². The molecule has 8 nitrogen and oxygen atoms in total. The molecule has 0 aliphatic carbocycles. The zero-order valence-electron chi connectivity index (χ0n) is 13.5. The summed E-state index contributed by atoms with van der Waals surface area (Å²) in [7, 11) is 0. The van der Waals surface area contributed by atoms with E-state index in [2.05, 4.69) is 5.32 Å². The largest absolute Gasteiger partial charge is 0.480 e. The number of rotatable bonds is 8. The predicted octanol–water partition coefficient (Wildman–Crippen LogP) is -0.0863. The van der Waals surface area contributed by atoms with E-state index in [1.165, 1.54) is 18.0 Å². The number of nitrogens with zero attached hydrogens (tertiary/aromatic N) is 2. The van der Waals surface area contributed by atoms with E-state index in [9.17, 15) is 14.4 Å². The molecular formula is C15H22N4O4S. The number of piperidine rings is 1. The summed E-state index contributed by atoms with van der Waals surface area (Å²) in [4.78, 5) is 36.2. The van der Waals surface area contributed by atoms with Gasteiger partial charge in [-0.3, -0.25) is 9.59 Å². The molecule has 1 aliphatic heterocycles. The van der Waals surface area contributed by atoms with Crippen LogP contribution in [0, 0.1) is 17.2 Å². The van der Waals surface area contributed by atoms with Crippen LogP contribution in [0.5, 0.6) is 0 Å². The first-order valence-corrected chi connectivity index (χ1v) is 8.96. The van der Waals surface area contributed by atoms with Crippen molar-refractivity contribution in [3.63, 3.8) is 0 Å². The lowest BCUT2D eigenvalue weighted by Crippen LogP contribution is -2.42. The SMILES string of the molecule is CSCCC(NC(=O)/C(C#N)=C\N1CCC(C(N)=O)CC1)C(=O)O. The van der Waals surface area contributed by atoms with Gasteiger partial charge in [-0.15, -0.1) is 0 Å². The fourth-order valence-electron chi connectivity index (χ4n) is 2.36. The number of nitrogens with two attached hydrogens (primary N) is 1. The zero-order chi connectivity index (χ0) is 18.1. The average molecular weight is 354 g/mol. The van der Waals surface area contributed by atoms with Crippen molar-refractivity contribution in [1.29, 1.82) is 5.26 Å². The lowest BCUT2D eigenvalue weighted by Gasteiger charge is -2.29. The van der Waals surface area contributed by atoms with E-state index < -0.39 is 17.9 Å². The molecule has 1 unspecified atom stereocenters. The summed E-state index contributed by atoms with van der Waals surface area (Å²) in [5, 5.41) is 20.7. The molecule has 0 aromatic carbocycles. The Labute approximate surface area is 145 Å². The molecule has 1 saturated heterocycles. The van der Waals surface area contributed by atoms with Crippen molar-refractivity contribution in [3.05, 3.63) is 11.8 Å². The number of carbonyl (C=O) groups is 3. The Balaban J connectivity index is 2.67. The third-order valence-electron chi connectivity index (χ3n) is 3.82. The number of thioether (sulfide) groups is 1. The molecule has 2 amide bonds. The molecule has 132 valence electrons. The molecule has 24 heavy (non-hydrogen) atoms. The molecule has 0 bridgehead atoms. The lowest BCUT2D eigenvalue weighted by atomic mass is 9.96. The molecule has 1 heterocycles. The van der Waals surface area contributed by atoms with Gasteiger partial charge in [-0.2, -0.15) is 17.0 Å². The topological polar surface area (TPSA) is 137 Å². The molecule has 0 aromatic rings. The van der Waals surface area contributed by atoms with Gasteiger partial charge in [0.25, 0.3) is 5.91 Å². The summed E-state index contributed by atoms with van der Waals surface area (Å²) in [6.45, 7) is 1.03. The number of carbonyl (C=O) groups excluding carboxylic acids is 2. The third-order valence-corrected chi connectivity index (χ3v) is 4.47. The van der Waals surface area contributed by atoms with E-state index in [0.29, 0.717) is 31.7 Å². The van der Waals surface area contributed by atoms with Crippen molar-refractivity contribution < 1.29 is 19.5 Å². The van der Waals surface area contributed by atoms with Gasteiger partial charge in [0, 0.05) is 25.2 Å². The van der Waals surface area contributed by atoms with E-state index in [1.54, 1.807) is 11.0 Å². The molecule has 1 atom stereocenters. The van der Waals surface area contributed by atoms with Crippen molar-refractivity contribution in [2.75, 3.05) is 25.1 Å². The maximum Gasteiger partial charge on any atom is 0.326 e. The number of hydrogen-bond donors (Lipinski definition) is 3. The molecule has 0 spiro atoms. The van der Waals surface area contributed by atoms with Crippen LogP contribution < -0.4 is 11.1 Å². The molecular weight excluding hydrogens is 332 g/mol. The van der Waals surface area contributed by atoms with Crippen molar-refractivity contribution in [2.45, 2.75) is 25.3 Å². The van der Waals surface area contributed by atoms with Crippen LogP contribution >= 0.6 is 11.8 Å². The predicted molar refractivity (Wildman–Crippen MR) is 89.8 cm³/mol. The van der Waals surface area contributed by atoms with Crippen LogP contribution in [0.1, 0.15) is 19.3 Å². The Morgan fingerprint density at radius 3 is 2.54 bits per heavy atom. The Hall–Kier alpha value is -2.21. The summed E-state index contributed by atoms with van der Waals surface area (Å²) in [5.74, 6) is -1.77. The minimum atomic E-state index is -1.13. The van der Waals surface area contributed by atoms with E-state index in [1.807, 2.05) is 6.26 Å². The number of nitrogens with one attached hydrogen (secondary N) is 1. The Morgan fingerprint density at radius 2 is 2.08 bits per heavy atom. The van der Waals surface area contributed by atoms with E-state index in [0.717, 1.165) is 0 Å². The van der Waals surface area contributed by atoms with Gasteiger partial charge in [-0.05, 0) is 31.3 Å². The van der Waals surface area contributed by atoms with Gasteiger partial charge in [0.05, 0.1) is 0 Å². The number of carboxylic acids is 1. The summed E-state index contributed by atoms with van der Waals surface area (Å²) in [6, 6.07) is 0.775. The van der Waals surface area contributed by atoms with E-state index in [4.69, 9.17) is 16.1 Å². The lowest BCUT2D eigenvalue weighted by molar-refractivity contribution is -0.141. The summed E-state index contributed by atoms with van der Waals surface area (Å²) >= 11 is 1.48. The van der Waals surface area contributed by atoms with Gasteiger partial charge in [-0.25, -0.2) is 4.79 Å². The molecule has 1 rings (SSSR count). The van der Waals surface area contributed by atoms with Crippen LogP contribution in [0.3, 0.4) is 0 Å². The number of aliphatic carboxylic acids is 1. The number of amides is 2. The zero-order valence-corrected chi connectivity index (χ0v) is 14.3. The van der Waals surface area contributed by atoms with Gasteiger partial charge in [-0.1, -0.05) is 0 Å². The molecule has 0 saturated carbocycles. The van der Waals surface area contributed by atoms with Crippen molar-refractivity contribution >= 4 is 29.5 Å². The quantitative estimate of drug-likeness (QED) is 0.409. The molecule has 1 aliphatic rings. The highest BCUT2D eigenvalue weighted by Crippen LogP contribution is 2.17. The van der Waals surface area contributed by atoms with Crippen LogP contribution in [0.25, 0.3) is 0 Å². The van der Waals surface area contributed by atoms with Gasteiger partial charge in [0.15, 0.2) is 0 Å². The minimum absolute atomic E-state index is 0.150. The second kappa shape index (κ2) is 9.82. The van der Waals surface area contributed by atoms with Gasteiger partial charge in [0.1, 0.15) is 17.7 Å². The first kappa shape index (κ1) is 19.8. The van der Waals surface area contributed by atoms with Crippen molar-refractivity contribution in [1.82, 2.24) is 10.2 Å². The Bertz CT molecular complexity index is 550. The third kappa shape index (κ3) is 6.12. The van der Waals surface area contributed by atoms with Gasteiger partial charge < -0.3 is 21.1 Å². The highest BCUT2D eigenvalue weighted by molar-refractivity contribution is 7.98. The first-order chi connectivity index (χ1) is 11.4.